The van der Waals surface area contributed by atoms with Crippen LogP contribution in [0.3, 0.4) is 0 Å². The molecule has 0 saturated heterocycles. The van der Waals surface area contributed by atoms with Gasteiger partial charge in [-0.15, -0.1) is 0 Å². The number of hydrogen-bond acceptors (Lipinski definition) is 5. The molecule has 0 spiro atoms. The second-order valence-corrected chi connectivity index (χ2v) is 4.70. The van der Waals surface area contributed by atoms with Crippen molar-refractivity contribution in [3.05, 3.63) is 0 Å². The van der Waals surface area contributed by atoms with Crippen molar-refractivity contribution in [1.29, 1.82) is 0 Å². The van der Waals surface area contributed by atoms with Gasteiger partial charge in [0.1, 0.15) is 0 Å². The minimum atomic E-state index is 0.0417. The first-order valence-corrected chi connectivity index (χ1v) is 8.69. The number of unbranched alkanes of at least 4 members (excludes halogenated alkanes) is 2. The molecule has 0 heterocycles. The average molecular weight is 325 g/mol. The van der Waals surface area contributed by atoms with Crippen LogP contribution in [-0.2, 0) is 14.2 Å². The lowest BCUT2D eigenvalue weighted by atomic mass is 10.3. The van der Waals surface area contributed by atoms with Crippen molar-refractivity contribution in [2.75, 3.05) is 52.9 Å². The summed E-state index contributed by atoms with van der Waals surface area (Å²) in [4.78, 5) is 0. The number of aliphatic hydroxyl groups excluding tert-OH is 2. The largest absolute Gasteiger partial charge is 0.394 e. The van der Waals surface area contributed by atoms with E-state index < -0.39 is 0 Å². The Hall–Kier alpha value is -0.200. The molecule has 0 aliphatic heterocycles. The molecule has 138 valence electrons. The van der Waals surface area contributed by atoms with E-state index in [4.69, 9.17) is 24.4 Å². The third-order valence-electron chi connectivity index (χ3n) is 2.13. The standard InChI is InChI=1S/C8H18O.C6H14O4.C3H8/c1-3-5-7-9-8-6-4-2;7-1-3-9-5-6-10-4-2-8;1-3-2/h3-8H2,1-2H3;7-8H,1-6H2;3H2,1-2H3. The lowest BCUT2D eigenvalue weighted by Gasteiger charge is -2.01. The van der Waals surface area contributed by atoms with Gasteiger partial charge in [-0.25, -0.2) is 0 Å². The van der Waals surface area contributed by atoms with Gasteiger partial charge in [-0.1, -0.05) is 47.0 Å². The number of rotatable bonds is 13. The average Bonchev–Trinajstić information content (AvgIpc) is 2.52. The summed E-state index contributed by atoms with van der Waals surface area (Å²) in [5.74, 6) is 0. The lowest BCUT2D eigenvalue weighted by Crippen LogP contribution is -2.09. The molecule has 0 rings (SSSR count). The second-order valence-electron chi connectivity index (χ2n) is 4.70. The van der Waals surface area contributed by atoms with Crippen LogP contribution in [0.15, 0.2) is 0 Å². The van der Waals surface area contributed by atoms with Crippen molar-refractivity contribution in [1.82, 2.24) is 0 Å². The van der Waals surface area contributed by atoms with E-state index in [1.807, 2.05) is 0 Å². The van der Waals surface area contributed by atoms with Crippen LogP contribution in [0, 0.1) is 0 Å². The van der Waals surface area contributed by atoms with E-state index in [1.54, 1.807) is 0 Å². The zero-order valence-electron chi connectivity index (χ0n) is 15.3. The Kier molecular flexibility index (Phi) is 39.6. The van der Waals surface area contributed by atoms with Gasteiger partial charge in [0, 0.05) is 13.2 Å². The molecule has 5 nitrogen and oxygen atoms in total. The molecule has 22 heavy (non-hydrogen) atoms. The van der Waals surface area contributed by atoms with E-state index in [1.165, 1.54) is 32.1 Å². The Balaban J connectivity index is -0.000000279. The fourth-order valence-electron chi connectivity index (χ4n) is 1.05. The van der Waals surface area contributed by atoms with Crippen LogP contribution in [0.1, 0.15) is 59.8 Å². The van der Waals surface area contributed by atoms with Crippen molar-refractivity contribution in [2.45, 2.75) is 59.8 Å². The molecule has 0 radical (unpaired) electrons. The fraction of sp³-hybridized carbons (Fsp3) is 1.00. The summed E-state index contributed by atoms with van der Waals surface area (Å²) in [6.07, 6.45) is 6.16. The Morgan fingerprint density at radius 1 is 0.545 bits per heavy atom. The summed E-state index contributed by atoms with van der Waals surface area (Å²) in [7, 11) is 0. The Morgan fingerprint density at radius 2 is 0.864 bits per heavy atom. The zero-order valence-corrected chi connectivity index (χ0v) is 15.3. The quantitative estimate of drug-likeness (QED) is 0.510. The second kappa shape index (κ2) is 32.7. The van der Waals surface area contributed by atoms with Crippen molar-refractivity contribution in [2.24, 2.45) is 0 Å². The summed E-state index contributed by atoms with van der Waals surface area (Å²) in [6.45, 7) is 12.3. The van der Waals surface area contributed by atoms with Gasteiger partial charge in [0.05, 0.1) is 39.6 Å². The van der Waals surface area contributed by atoms with Gasteiger partial charge in [-0.05, 0) is 12.8 Å². The Bertz CT molecular complexity index is 131. The van der Waals surface area contributed by atoms with Gasteiger partial charge < -0.3 is 24.4 Å². The van der Waals surface area contributed by atoms with Crippen LogP contribution in [0.4, 0.5) is 0 Å². The molecule has 0 fully saturated rings. The van der Waals surface area contributed by atoms with Crippen LogP contribution in [0.5, 0.6) is 0 Å². The van der Waals surface area contributed by atoms with E-state index in [9.17, 15) is 0 Å². The third-order valence-corrected chi connectivity index (χ3v) is 2.13. The maximum atomic E-state index is 8.26. The molecular weight excluding hydrogens is 284 g/mol. The van der Waals surface area contributed by atoms with Crippen molar-refractivity contribution in [3.63, 3.8) is 0 Å². The minimum absolute atomic E-state index is 0.0417. The molecular formula is C17H40O5. The van der Waals surface area contributed by atoms with Gasteiger partial charge >= 0.3 is 0 Å². The Labute approximate surface area is 138 Å². The highest BCUT2D eigenvalue weighted by molar-refractivity contribution is 4.34. The predicted molar refractivity (Wildman–Crippen MR) is 92.4 cm³/mol. The first-order valence-electron chi connectivity index (χ1n) is 8.69. The van der Waals surface area contributed by atoms with E-state index in [0.717, 1.165) is 13.2 Å². The monoisotopic (exact) mass is 324 g/mol. The molecule has 0 bridgehead atoms. The smallest absolute Gasteiger partial charge is 0.0701 e. The SMILES string of the molecule is CCC.CCCCOCCCC.OCCOCCOCCO. The maximum absolute atomic E-state index is 8.26. The highest BCUT2D eigenvalue weighted by Crippen LogP contribution is 1.91. The van der Waals surface area contributed by atoms with Crippen LogP contribution < -0.4 is 0 Å². The van der Waals surface area contributed by atoms with Gasteiger partial charge in [-0.2, -0.15) is 0 Å². The van der Waals surface area contributed by atoms with Gasteiger partial charge in [0.25, 0.3) is 0 Å². The highest BCUT2D eigenvalue weighted by Gasteiger charge is 1.86. The molecule has 0 aromatic carbocycles. The van der Waals surface area contributed by atoms with Gasteiger partial charge in [0.2, 0.25) is 0 Å². The van der Waals surface area contributed by atoms with E-state index in [0.29, 0.717) is 26.4 Å². The molecule has 0 aromatic heterocycles. The van der Waals surface area contributed by atoms with Crippen LogP contribution in [0.25, 0.3) is 0 Å². The summed E-state index contributed by atoms with van der Waals surface area (Å²) in [5.41, 5.74) is 0. The van der Waals surface area contributed by atoms with Crippen LogP contribution in [-0.4, -0.2) is 63.1 Å². The van der Waals surface area contributed by atoms with Crippen molar-refractivity contribution < 1.29 is 24.4 Å². The molecule has 2 N–H and O–H groups in total. The first-order chi connectivity index (χ1) is 10.7. The van der Waals surface area contributed by atoms with Crippen LogP contribution >= 0.6 is 0 Å². The highest BCUT2D eigenvalue weighted by atomic mass is 16.5. The molecule has 0 aliphatic carbocycles. The van der Waals surface area contributed by atoms with E-state index in [2.05, 4.69) is 27.7 Å². The molecule has 5 heteroatoms. The molecule has 0 saturated carbocycles. The van der Waals surface area contributed by atoms with E-state index in [-0.39, 0.29) is 13.2 Å². The topological polar surface area (TPSA) is 68.2 Å². The van der Waals surface area contributed by atoms with E-state index >= 15 is 0 Å². The first kappa shape index (κ1) is 26.7. The summed E-state index contributed by atoms with van der Waals surface area (Å²) in [6, 6.07) is 0. The molecule has 0 atom stereocenters. The summed E-state index contributed by atoms with van der Waals surface area (Å²) >= 11 is 0. The number of aliphatic hydroxyl groups is 2. The summed E-state index contributed by atoms with van der Waals surface area (Å²) < 4.78 is 15.1. The van der Waals surface area contributed by atoms with Crippen molar-refractivity contribution >= 4 is 0 Å². The predicted octanol–water partition coefficient (Wildman–Crippen LogP) is 3.02. The molecule has 0 aromatic rings. The third kappa shape index (κ3) is 42.7. The van der Waals surface area contributed by atoms with Crippen molar-refractivity contribution in [3.8, 4) is 0 Å². The number of ether oxygens (including phenoxy) is 3. The molecule has 0 aliphatic rings. The Morgan fingerprint density at radius 3 is 1.14 bits per heavy atom. The summed E-state index contributed by atoms with van der Waals surface area (Å²) in [5, 5.41) is 16.5. The van der Waals surface area contributed by atoms with Gasteiger partial charge in [-0.3, -0.25) is 0 Å². The molecule has 0 unspecified atom stereocenters. The van der Waals surface area contributed by atoms with Crippen LogP contribution in [0.2, 0.25) is 0 Å². The fourth-order valence-corrected chi connectivity index (χ4v) is 1.05. The van der Waals surface area contributed by atoms with Gasteiger partial charge in [0.15, 0.2) is 0 Å². The maximum Gasteiger partial charge on any atom is 0.0701 e. The normalized spacial score (nSPS) is 9.55. The lowest BCUT2D eigenvalue weighted by molar-refractivity contribution is 0.0222. The zero-order chi connectivity index (χ0) is 17.3. The minimum Gasteiger partial charge on any atom is -0.394 e. The molecule has 0 amide bonds. The number of hydrogen-bond donors (Lipinski definition) is 2.